The monoisotopic (exact) mass is 214 g/mol. The summed E-state index contributed by atoms with van der Waals surface area (Å²) < 4.78 is 0. The van der Waals surface area contributed by atoms with Crippen LogP contribution in [0.25, 0.3) is 0 Å². The molecular weight excluding hydrogens is 188 g/mol. The Morgan fingerprint density at radius 3 is 2.20 bits per heavy atom. The van der Waals surface area contributed by atoms with Gasteiger partial charge in [0.1, 0.15) is 0 Å². The Morgan fingerprint density at radius 2 is 1.80 bits per heavy atom. The van der Waals surface area contributed by atoms with E-state index in [0.717, 1.165) is 6.42 Å². The lowest BCUT2D eigenvalue weighted by atomic mass is 10.00. The molecule has 0 aromatic rings. The summed E-state index contributed by atoms with van der Waals surface area (Å²) in [5.41, 5.74) is 0. The van der Waals surface area contributed by atoms with Crippen molar-refractivity contribution >= 4 is 5.91 Å². The molecule has 0 heterocycles. The smallest absolute Gasteiger partial charge is 0.238 e. The van der Waals surface area contributed by atoms with Crippen LogP contribution in [0.15, 0.2) is 0 Å². The maximum absolute atomic E-state index is 11.6. The molecule has 1 amide bonds. The Hall–Kier alpha value is -0.570. The SMILES string of the molecule is CCC(C)CC(C)NC(C)C(=O)N(C)C. The van der Waals surface area contributed by atoms with Crippen molar-refractivity contribution in [2.45, 2.75) is 52.6 Å². The Bertz CT molecular complexity index is 192. The summed E-state index contributed by atoms with van der Waals surface area (Å²) in [6, 6.07) is 0.318. The molecule has 0 aliphatic carbocycles. The Balaban J connectivity index is 3.95. The molecular formula is C12H26N2O. The van der Waals surface area contributed by atoms with Crippen LogP contribution in [0.1, 0.15) is 40.5 Å². The molecule has 0 rings (SSSR count). The number of hydrogen-bond donors (Lipinski definition) is 1. The molecule has 0 aromatic heterocycles. The minimum absolute atomic E-state index is 0.0842. The van der Waals surface area contributed by atoms with Gasteiger partial charge < -0.3 is 10.2 Å². The molecule has 0 spiro atoms. The quantitative estimate of drug-likeness (QED) is 0.732. The number of carbonyl (C=O) groups is 1. The van der Waals surface area contributed by atoms with Crippen molar-refractivity contribution in [2.75, 3.05) is 14.1 Å². The molecule has 0 aliphatic heterocycles. The fourth-order valence-corrected chi connectivity index (χ4v) is 1.72. The lowest BCUT2D eigenvalue weighted by Gasteiger charge is -2.23. The van der Waals surface area contributed by atoms with Crippen molar-refractivity contribution in [3.63, 3.8) is 0 Å². The normalized spacial score (nSPS) is 16.9. The summed E-state index contributed by atoms with van der Waals surface area (Å²) in [5.74, 6) is 0.861. The fourth-order valence-electron chi connectivity index (χ4n) is 1.72. The van der Waals surface area contributed by atoms with Gasteiger partial charge in [-0.25, -0.2) is 0 Å². The van der Waals surface area contributed by atoms with Gasteiger partial charge in [-0.1, -0.05) is 20.3 Å². The third-order valence-electron chi connectivity index (χ3n) is 2.80. The third kappa shape index (κ3) is 5.78. The van der Waals surface area contributed by atoms with Crippen LogP contribution in [0, 0.1) is 5.92 Å². The number of nitrogens with zero attached hydrogens (tertiary/aromatic N) is 1. The van der Waals surface area contributed by atoms with Crippen LogP contribution in [0.5, 0.6) is 0 Å². The number of amides is 1. The summed E-state index contributed by atoms with van der Waals surface area (Å²) in [7, 11) is 3.58. The average molecular weight is 214 g/mol. The number of carbonyl (C=O) groups excluding carboxylic acids is 1. The minimum Gasteiger partial charge on any atom is -0.347 e. The van der Waals surface area contributed by atoms with Crippen LogP contribution in [0.2, 0.25) is 0 Å². The van der Waals surface area contributed by atoms with Gasteiger partial charge in [0.2, 0.25) is 5.91 Å². The second-order valence-corrected chi connectivity index (χ2v) is 4.77. The number of likely N-dealkylation sites (N-methyl/N-ethyl adjacent to an activating group) is 1. The van der Waals surface area contributed by atoms with E-state index in [9.17, 15) is 4.79 Å². The first-order chi connectivity index (χ1) is 6.88. The van der Waals surface area contributed by atoms with E-state index in [4.69, 9.17) is 0 Å². The molecule has 15 heavy (non-hydrogen) atoms. The summed E-state index contributed by atoms with van der Waals surface area (Å²) >= 11 is 0. The lowest BCUT2D eigenvalue weighted by molar-refractivity contribution is -0.130. The molecule has 0 bridgehead atoms. The fraction of sp³-hybridized carbons (Fsp3) is 0.917. The topological polar surface area (TPSA) is 32.3 Å². The molecule has 0 fully saturated rings. The maximum atomic E-state index is 11.6. The molecule has 3 nitrogen and oxygen atoms in total. The molecule has 1 N–H and O–H groups in total. The van der Waals surface area contributed by atoms with E-state index in [0.29, 0.717) is 12.0 Å². The van der Waals surface area contributed by atoms with Crippen molar-refractivity contribution < 1.29 is 4.79 Å². The summed E-state index contributed by atoms with van der Waals surface area (Å²) in [6.07, 6.45) is 2.32. The predicted octanol–water partition coefficient (Wildman–Crippen LogP) is 1.88. The summed E-state index contributed by atoms with van der Waals surface area (Å²) in [4.78, 5) is 13.2. The van der Waals surface area contributed by atoms with E-state index in [1.165, 1.54) is 6.42 Å². The zero-order valence-electron chi connectivity index (χ0n) is 11.0. The van der Waals surface area contributed by atoms with Gasteiger partial charge in [-0.15, -0.1) is 0 Å². The van der Waals surface area contributed by atoms with Gasteiger partial charge in [-0.3, -0.25) is 4.79 Å². The van der Waals surface area contributed by atoms with Gasteiger partial charge >= 0.3 is 0 Å². The van der Waals surface area contributed by atoms with Gasteiger partial charge in [0.15, 0.2) is 0 Å². The van der Waals surface area contributed by atoms with E-state index < -0.39 is 0 Å². The van der Waals surface area contributed by atoms with Gasteiger partial charge in [-0.05, 0) is 26.2 Å². The van der Waals surface area contributed by atoms with Crippen LogP contribution < -0.4 is 5.32 Å². The first-order valence-electron chi connectivity index (χ1n) is 5.85. The van der Waals surface area contributed by atoms with Crippen LogP contribution in [-0.4, -0.2) is 37.0 Å². The van der Waals surface area contributed by atoms with Crippen molar-refractivity contribution in [1.82, 2.24) is 10.2 Å². The number of rotatable bonds is 6. The standard InChI is InChI=1S/C12H26N2O/c1-7-9(2)8-10(3)13-11(4)12(15)14(5)6/h9-11,13H,7-8H2,1-6H3. The van der Waals surface area contributed by atoms with Gasteiger partial charge in [0.05, 0.1) is 6.04 Å². The van der Waals surface area contributed by atoms with Crippen molar-refractivity contribution in [3.05, 3.63) is 0 Å². The second kappa shape index (κ2) is 6.83. The predicted molar refractivity (Wildman–Crippen MR) is 64.8 cm³/mol. The molecule has 3 heteroatoms. The Morgan fingerprint density at radius 1 is 1.27 bits per heavy atom. The van der Waals surface area contributed by atoms with E-state index in [1.807, 2.05) is 6.92 Å². The first-order valence-corrected chi connectivity index (χ1v) is 5.85. The van der Waals surface area contributed by atoms with Crippen molar-refractivity contribution in [3.8, 4) is 0 Å². The van der Waals surface area contributed by atoms with Gasteiger partial charge in [-0.2, -0.15) is 0 Å². The van der Waals surface area contributed by atoms with Crippen LogP contribution in [0.4, 0.5) is 0 Å². The van der Waals surface area contributed by atoms with Crippen LogP contribution in [0.3, 0.4) is 0 Å². The molecule has 0 radical (unpaired) electrons. The molecule has 0 aromatic carbocycles. The lowest BCUT2D eigenvalue weighted by Crippen LogP contribution is -2.45. The van der Waals surface area contributed by atoms with Gasteiger partial charge in [0.25, 0.3) is 0 Å². The Labute approximate surface area is 94.2 Å². The number of nitrogens with one attached hydrogen (secondary N) is 1. The first kappa shape index (κ1) is 14.4. The van der Waals surface area contributed by atoms with E-state index >= 15 is 0 Å². The zero-order valence-corrected chi connectivity index (χ0v) is 11.0. The zero-order chi connectivity index (χ0) is 12.0. The maximum Gasteiger partial charge on any atom is 0.238 e. The molecule has 3 unspecified atom stereocenters. The molecule has 3 atom stereocenters. The minimum atomic E-state index is -0.0842. The van der Waals surface area contributed by atoms with Crippen LogP contribution >= 0.6 is 0 Å². The highest BCUT2D eigenvalue weighted by Gasteiger charge is 2.17. The van der Waals surface area contributed by atoms with Crippen molar-refractivity contribution in [2.24, 2.45) is 5.92 Å². The highest BCUT2D eigenvalue weighted by Crippen LogP contribution is 2.09. The summed E-state index contributed by atoms with van der Waals surface area (Å²) in [6.45, 7) is 8.52. The Kier molecular flexibility index (Phi) is 6.57. The molecule has 0 saturated carbocycles. The van der Waals surface area contributed by atoms with Crippen molar-refractivity contribution in [1.29, 1.82) is 0 Å². The highest BCUT2D eigenvalue weighted by molar-refractivity contribution is 5.80. The largest absolute Gasteiger partial charge is 0.347 e. The highest BCUT2D eigenvalue weighted by atomic mass is 16.2. The van der Waals surface area contributed by atoms with E-state index in [2.05, 4.69) is 26.1 Å². The molecule has 90 valence electrons. The second-order valence-electron chi connectivity index (χ2n) is 4.77. The molecule has 0 saturated heterocycles. The van der Waals surface area contributed by atoms with E-state index in [1.54, 1.807) is 19.0 Å². The van der Waals surface area contributed by atoms with E-state index in [-0.39, 0.29) is 11.9 Å². The average Bonchev–Trinajstić information content (AvgIpc) is 2.15. The van der Waals surface area contributed by atoms with Crippen LogP contribution in [-0.2, 0) is 4.79 Å². The third-order valence-corrected chi connectivity index (χ3v) is 2.80. The number of hydrogen-bond acceptors (Lipinski definition) is 2. The molecule has 0 aliphatic rings. The van der Waals surface area contributed by atoms with Gasteiger partial charge in [0, 0.05) is 20.1 Å². The summed E-state index contributed by atoms with van der Waals surface area (Å²) in [5, 5.41) is 3.33.